The maximum absolute atomic E-state index is 12.9. The smallest absolute Gasteiger partial charge is 0.281 e. The van der Waals surface area contributed by atoms with Gasteiger partial charge < -0.3 is 15.2 Å². The van der Waals surface area contributed by atoms with Gasteiger partial charge >= 0.3 is 0 Å². The minimum Gasteiger partial charge on any atom is -0.504 e. The number of nitrogens with zero attached hydrogens (tertiary/aromatic N) is 1. The normalized spacial score (nSPS) is 15.5. The fourth-order valence-electron chi connectivity index (χ4n) is 2.89. The van der Waals surface area contributed by atoms with Crippen molar-refractivity contribution in [2.75, 3.05) is 11.5 Å². The van der Waals surface area contributed by atoms with E-state index in [0.29, 0.717) is 28.7 Å². The lowest BCUT2D eigenvalue weighted by molar-refractivity contribution is -0.113. The molecule has 1 aliphatic rings. The number of thiocarbonyl (C=S) groups is 1. The molecular formula is C20H20N2O3S. The Morgan fingerprint density at radius 2 is 2.04 bits per heavy atom. The highest BCUT2D eigenvalue weighted by atomic mass is 32.1. The van der Waals surface area contributed by atoms with Crippen LogP contribution in [0, 0.1) is 13.8 Å². The molecular weight excluding hydrogens is 348 g/mol. The highest BCUT2D eigenvalue weighted by Gasteiger charge is 2.33. The zero-order valence-corrected chi connectivity index (χ0v) is 15.7. The van der Waals surface area contributed by atoms with Crippen LogP contribution in [-0.4, -0.2) is 22.7 Å². The van der Waals surface area contributed by atoms with Gasteiger partial charge in [0.1, 0.15) is 5.70 Å². The van der Waals surface area contributed by atoms with E-state index in [4.69, 9.17) is 17.0 Å². The number of aryl methyl sites for hydroxylation is 2. The number of para-hydroxylation sites is 1. The molecule has 1 aliphatic heterocycles. The first kappa shape index (κ1) is 17.9. The highest BCUT2D eigenvalue weighted by molar-refractivity contribution is 7.80. The summed E-state index contributed by atoms with van der Waals surface area (Å²) in [6.45, 7) is 6.22. The molecule has 1 heterocycles. The van der Waals surface area contributed by atoms with Crippen molar-refractivity contribution in [3.05, 3.63) is 58.8 Å². The molecule has 1 fully saturated rings. The number of rotatable bonds is 4. The van der Waals surface area contributed by atoms with Gasteiger partial charge in [0.25, 0.3) is 5.91 Å². The standard InChI is InChI=1S/C20H20N2O3S/c1-4-25-17-7-5-6-14(18(17)23)11-15-19(24)22(20(26)21-15)16-9-8-12(2)10-13(16)3/h5-11,23H,4H2,1-3H3,(H,21,26)/b15-11-. The number of hydrogen-bond acceptors (Lipinski definition) is 4. The van der Waals surface area contributed by atoms with E-state index >= 15 is 0 Å². The molecule has 2 N–H and O–H groups in total. The molecule has 0 aliphatic carbocycles. The fraction of sp³-hybridized carbons (Fsp3) is 0.200. The van der Waals surface area contributed by atoms with Crippen LogP contribution < -0.4 is 15.0 Å². The van der Waals surface area contributed by atoms with Crippen molar-refractivity contribution in [2.45, 2.75) is 20.8 Å². The number of carbonyl (C=O) groups is 1. The Kier molecular flexibility index (Phi) is 4.95. The van der Waals surface area contributed by atoms with Crippen molar-refractivity contribution < 1.29 is 14.6 Å². The van der Waals surface area contributed by atoms with Gasteiger partial charge in [0.05, 0.1) is 12.3 Å². The molecule has 0 bridgehead atoms. The summed E-state index contributed by atoms with van der Waals surface area (Å²) in [5, 5.41) is 13.6. The first-order chi connectivity index (χ1) is 12.4. The maximum Gasteiger partial charge on any atom is 0.281 e. The van der Waals surface area contributed by atoms with Crippen LogP contribution in [0.15, 0.2) is 42.1 Å². The Labute approximate surface area is 157 Å². The van der Waals surface area contributed by atoms with E-state index in [1.165, 1.54) is 4.90 Å². The van der Waals surface area contributed by atoms with Crippen molar-refractivity contribution in [1.82, 2.24) is 5.32 Å². The maximum atomic E-state index is 12.9. The van der Waals surface area contributed by atoms with Crippen LogP contribution in [0.4, 0.5) is 5.69 Å². The molecule has 0 atom stereocenters. The van der Waals surface area contributed by atoms with Crippen LogP contribution in [0.25, 0.3) is 6.08 Å². The second-order valence-electron chi connectivity index (χ2n) is 6.05. The molecule has 26 heavy (non-hydrogen) atoms. The molecule has 3 rings (SSSR count). The van der Waals surface area contributed by atoms with Gasteiger partial charge in [-0.3, -0.25) is 9.69 Å². The summed E-state index contributed by atoms with van der Waals surface area (Å²) in [6, 6.07) is 11.0. The molecule has 134 valence electrons. The first-order valence-corrected chi connectivity index (χ1v) is 8.72. The van der Waals surface area contributed by atoms with Crippen LogP contribution in [0.2, 0.25) is 0 Å². The molecule has 1 saturated heterocycles. The number of aromatic hydroxyl groups is 1. The summed E-state index contributed by atoms with van der Waals surface area (Å²) in [4.78, 5) is 14.3. The monoisotopic (exact) mass is 368 g/mol. The van der Waals surface area contributed by atoms with Crippen molar-refractivity contribution in [1.29, 1.82) is 0 Å². The SMILES string of the molecule is CCOc1cccc(/C=C2\NC(=S)N(c3ccc(C)cc3C)C2=O)c1O. The zero-order chi connectivity index (χ0) is 18.8. The summed E-state index contributed by atoms with van der Waals surface area (Å²) < 4.78 is 5.39. The summed E-state index contributed by atoms with van der Waals surface area (Å²) in [5.74, 6) is 0.108. The third kappa shape index (κ3) is 3.28. The number of anilines is 1. The molecule has 2 aromatic rings. The van der Waals surface area contributed by atoms with E-state index < -0.39 is 0 Å². The van der Waals surface area contributed by atoms with Crippen molar-refractivity contribution in [3.63, 3.8) is 0 Å². The molecule has 0 aromatic heterocycles. The number of phenolic OH excluding ortho intramolecular Hbond substituents is 1. The highest BCUT2D eigenvalue weighted by Crippen LogP contribution is 2.32. The second kappa shape index (κ2) is 7.17. The molecule has 2 aromatic carbocycles. The molecule has 1 amide bonds. The van der Waals surface area contributed by atoms with E-state index in [9.17, 15) is 9.90 Å². The average molecular weight is 368 g/mol. The van der Waals surface area contributed by atoms with Crippen LogP contribution >= 0.6 is 12.2 Å². The van der Waals surface area contributed by atoms with Crippen LogP contribution in [0.5, 0.6) is 11.5 Å². The van der Waals surface area contributed by atoms with Gasteiger partial charge in [-0.05, 0) is 56.8 Å². The minimum atomic E-state index is -0.261. The molecule has 5 nitrogen and oxygen atoms in total. The Balaban J connectivity index is 1.97. The Hall–Kier alpha value is -2.86. The van der Waals surface area contributed by atoms with Crippen LogP contribution in [-0.2, 0) is 4.79 Å². The molecule has 0 saturated carbocycles. The number of carbonyl (C=O) groups excluding carboxylic acids is 1. The molecule has 0 unspecified atom stereocenters. The molecule has 0 spiro atoms. The molecule has 6 heteroatoms. The third-order valence-electron chi connectivity index (χ3n) is 4.10. The van der Waals surface area contributed by atoms with Gasteiger partial charge in [-0.1, -0.05) is 29.8 Å². The summed E-state index contributed by atoms with van der Waals surface area (Å²) in [7, 11) is 0. The number of ether oxygens (including phenoxy) is 1. The summed E-state index contributed by atoms with van der Waals surface area (Å²) >= 11 is 5.35. The predicted molar refractivity (Wildman–Crippen MR) is 106 cm³/mol. The third-order valence-corrected chi connectivity index (χ3v) is 4.39. The Morgan fingerprint density at radius 1 is 1.27 bits per heavy atom. The molecule has 0 radical (unpaired) electrons. The van der Waals surface area contributed by atoms with E-state index in [2.05, 4.69) is 5.32 Å². The van der Waals surface area contributed by atoms with Crippen molar-refractivity contribution >= 4 is 35.0 Å². The van der Waals surface area contributed by atoms with Crippen LogP contribution in [0.1, 0.15) is 23.6 Å². The van der Waals surface area contributed by atoms with Gasteiger partial charge in [-0.2, -0.15) is 0 Å². The number of hydrogen-bond donors (Lipinski definition) is 2. The second-order valence-corrected chi connectivity index (χ2v) is 6.43. The van der Waals surface area contributed by atoms with Gasteiger partial charge in [0, 0.05) is 5.56 Å². The summed E-state index contributed by atoms with van der Waals surface area (Å²) in [5.41, 5.74) is 3.61. The zero-order valence-electron chi connectivity index (χ0n) is 14.9. The van der Waals surface area contributed by atoms with E-state index in [1.807, 2.05) is 39.0 Å². The average Bonchev–Trinajstić information content (AvgIpc) is 2.86. The van der Waals surface area contributed by atoms with Gasteiger partial charge in [0.2, 0.25) is 0 Å². The lowest BCUT2D eigenvalue weighted by Gasteiger charge is -2.17. The van der Waals surface area contributed by atoms with E-state index in [0.717, 1.165) is 16.8 Å². The number of amides is 1. The summed E-state index contributed by atoms with van der Waals surface area (Å²) in [6.07, 6.45) is 1.58. The number of nitrogens with one attached hydrogen (secondary N) is 1. The Bertz CT molecular complexity index is 921. The van der Waals surface area contributed by atoms with Gasteiger partial charge in [0.15, 0.2) is 16.6 Å². The van der Waals surface area contributed by atoms with Crippen molar-refractivity contribution in [2.24, 2.45) is 0 Å². The van der Waals surface area contributed by atoms with Crippen LogP contribution in [0.3, 0.4) is 0 Å². The van der Waals surface area contributed by atoms with Gasteiger partial charge in [-0.15, -0.1) is 0 Å². The predicted octanol–water partition coefficient (Wildman–Crippen LogP) is 3.67. The van der Waals surface area contributed by atoms with E-state index in [1.54, 1.807) is 24.3 Å². The lowest BCUT2D eigenvalue weighted by Crippen LogP contribution is -2.30. The largest absolute Gasteiger partial charge is 0.504 e. The Morgan fingerprint density at radius 3 is 2.73 bits per heavy atom. The topological polar surface area (TPSA) is 61.8 Å². The minimum absolute atomic E-state index is 0.00710. The van der Waals surface area contributed by atoms with E-state index in [-0.39, 0.29) is 11.7 Å². The van der Waals surface area contributed by atoms with Crippen molar-refractivity contribution in [3.8, 4) is 11.5 Å². The lowest BCUT2D eigenvalue weighted by atomic mass is 10.1. The van der Waals surface area contributed by atoms with Gasteiger partial charge in [-0.25, -0.2) is 0 Å². The quantitative estimate of drug-likeness (QED) is 0.637. The fourth-order valence-corrected chi connectivity index (χ4v) is 3.18. The first-order valence-electron chi connectivity index (χ1n) is 8.31. The number of benzene rings is 2. The number of phenols is 1.